The molecule has 0 saturated heterocycles. The third-order valence-corrected chi connectivity index (χ3v) is 4.56. The van der Waals surface area contributed by atoms with Crippen molar-refractivity contribution < 1.29 is 13.2 Å². The first-order chi connectivity index (χ1) is 10.2. The number of carbonyl (C=O) groups excluding carboxylic acids is 1. The van der Waals surface area contributed by atoms with E-state index >= 15 is 0 Å². The van der Waals surface area contributed by atoms with Gasteiger partial charge in [0.1, 0.15) is 0 Å². The summed E-state index contributed by atoms with van der Waals surface area (Å²) in [5.41, 5.74) is 3.44. The zero-order valence-electron chi connectivity index (χ0n) is 13.1. The molecule has 0 unspecified atom stereocenters. The fourth-order valence-electron chi connectivity index (χ4n) is 2.30. The summed E-state index contributed by atoms with van der Waals surface area (Å²) < 4.78 is 22.9. The molecule has 0 aromatic heterocycles. The van der Waals surface area contributed by atoms with Crippen molar-refractivity contribution in [3.05, 3.63) is 59.2 Å². The first kappa shape index (κ1) is 16.2. The average Bonchev–Trinajstić information content (AvgIpc) is 2.44. The number of anilines is 1. The van der Waals surface area contributed by atoms with Crippen molar-refractivity contribution >= 4 is 21.4 Å². The maximum absolute atomic E-state index is 12.5. The Balaban J connectivity index is 2.31. The van der Waals surface area contributed by atoms with E-state index in [1.807, 2.05) is 32.0 Å². The van der Waals surface area contributed by atoms with Gasteiger partial charge in [0.15, 0.2) is 9.84 Å². The number of amides is 1. The second-order valence-electron chi connectivity index (χ2n) is 5.51. The number of benzene rings is 2. The summed E-state index contributed by atoms with van der Waals surface area (Å²) >= 11 is 0. The predicted molar refractivity (Wildman–Crippen MR) is 88.2 cm³/mol. The minimum atomic E-state index is -3.25. The summed E-state index contributed by atoms with van der Waals surface area (Å²) in [6, 6.07) is 11.9. The highest BCUT2D eigenvalue weighted by molar-refractivity contribution is 7.90. The largest absolute Gasteiger partial charge is 0.311 e. The van der Waals surface area contributed by atoms with Crippen LogP contribution >= 0.6 is 0 Å². The molecule has 22 heavy (non-hydrogen) atoms. The Morgan fingerprint density at radius 1 is 0.955 bits per heavy atom. The molecule has 116 valence electrons. The van der Waals surface area contributed by atoms with Gasteiger partial charge in [-0.1, -0.05) is 6.07 Å². The lowest BCUT2D eigenvalue weighted by Crippen LogP contribution is -2.26. The monoisotopic (exact) mass is 317 g/mol. The lowest BCUT2D eigenvalue weighted by molar-refractivity contribution is 0.0993. The molecule has 2 aromatic carbocycles. The molecule has 0 aliphatic rings. The van der Waals surface area contributed by atoms with Crippen LogP contribution in [0, 0.1) is 13.8 Å². The Hall–Kier alpha value is -2.14. The van der Waals surface area contributed by atoms with Crippen LogP contribution in [0.1, 0.15) is 21.5 Å². The number of carbonyl (C=O) groups is 1. The van der Waals surface area contributed by atoms with E-state index in [0.717, 1.165) is 23.1 Å². The Labute approximate surface area is 131 Å². The number of nitrogens with zero attached hydrogens (tertiary/aromatic N) is 1. The average molecular weight is 317 g/mol. The summed E-state index contributed by atoms with van der Waals surface area (Å²) in [5.74, 6) is -0.176. The summed E-state index contributed by atoms with van der Waals surface area (Å²) in [4.78, 5) is 14.3. The zero-order chi connectivity index (χ0) is 16.5. The highest BCUT2D eigenvalue weighted by atomic mass is 32.2. The van der Waals surface area contributed by atoms with Crippen molar-refractivity contribution in [3.63, 3.8) is 0 Å². The molecule has 0 atom stereocenters. The van der Waals surface area contributed by atoms with Crippen LogP contribution in [0.5, 0.6) is 0 Å². The molecule has 2 aromatic rings. The topological polar surface area (TPSA) is 54.5 Å². The number of rotatable bonds is 3. The fourth-order valence-corrected chi connectivity index (χ4v) is 2.93. The van der Waals surface area contributed by atoms with E-state index in [1.165, 1.54) is 24.3 Å². The van der Waals surface area contributed by atoms with Crippen LogP contribution in [-0.2, 0) is 9.84 Å². The van der Waals surface area contributed by atoms with Crippen molar-refractivity contribution in [3.8, 4) is 0 Å². The summed E-state index contributed by atoms with van der Waals surface area (Å²) in [6.45, 7) is 3.96. The van der Waals surface area contributed by atoms with Crippen LogP contribution in [0.2, 0.25) is 0 Å². The SMILES string of the molecule is Cc1cc(C)cc(N(C)C(=O)c2ccc(S(C)(=O)=O)cc2)c1. The summed E-state index contributed by atoms with van der Waals surface area (Å²) in [6.07, 6.45) is 1.14. The lowest BCUT2D eigenvalue weighted by atomic mass is 10.1. The van der Waals surface area contributed by atoms with E-state index in [2.05, 4.69) is 0 Å². The van der Waals surface area contributed by atoms with Gasteiger partial charge in [0.2, 0.25) is 0 Å². The standard InChI is InChI=1S/C17H19NO3S/c1-12-9-13(2)11-15(10-12)18(3)17(19)14-5-7-16(8-6-14)22(4,20)21/h5-11H,1-4H3. The van der Waals surface area contributed by atoms with Gasteiger partial charge >= 0.3 is 0 Å². The highest BCUT2D eigenvalue weighted by Crippen LogP contribution is 2.20. The third-order valence-electron chi connectivity index (χ3n) is 3.43. The molecule has 0 N–H and O–H groups in total. The number of hydrogen-bond acceptors (Lipinski definition) is 3. The van der Waals surface area contributed by atoms with E-state index < -0.39 is 9.84 Å². The number of aryl methyl sites for hydroxylation is 2. The number of sulfone groups is 1. The maximum Gasteiger partial charge on any atom is 0.258 e. The van der Waals surface area contributed by atoms with Crippen molar-refractivity contribution in [1.29, 1.82) is 0 Å². The van der Waals surface area contributed by atoms with E-state index in [-0.39, 0.29) is 10.8 Å². The Kier molecular flexibility index (Phi) is 4.37. The Morgan fingerprint density at radius 3 is 1.91 bits per heavy atom. The van der Waals surface area contributed by atoms with Crippen molar-refractivity contribution in [1.82, 2.24) is 0 Å². The smallest absolute Gasteiger partial charge is 0.258 e. The molecule has 0 fully saturated rings. The van der Waals surface area contributed by atoms with Crippen LogP contribution in [-0.4, -0.2) is 27.6 Å². The number of hydrogen-bond donors (Lipinski definition) is 0. The van der Waals surface area contributed by atoms with Crippen LogP contribution in [0.3, 0.4) is 0 Å². The van der Waals surface area contributed by atoms with Crippen LogP contribution in [0.4, 0.5) is 5.69 Å². The van der Waals surface area contributed by atoms with Gasteiger partial charge in [-0.2, -0.15) is 0 Å². The van der Waals surface area contributed by atoms with Gasteiger partial charge in [0.05, 0.1) is 4.90 Å². The van der Waals surface area contributed by atoms with Gasteiger partial charge < -0.3 is 4.90 Å². The molecule has 4 nitrogen and oxygen atoms in total. The first-order valence-corrected chi connectivity index (χ1v) is 8.74. The molecular weight excluding hydrogens is 298 g/mol. The second kappa shape index (κ2) is 5.93. The summed E-state index contributed by atoms with van der Waals surface area (Å²) in [7, 11) is -1.54. The molecule has 2 rings (SSSR count). The fraction of sp³-hybridized carbons (Fsp3) is 0.235. The van der Waals surface area contributed by atoms with Crippen LogP contribution in [0.15, 0.2) is 47.4 Å². The van der Waals surface area contributed by atoms with Crippen molar-refractivity contribution in [2.75, 3.05) is 18.2 Å². The van der Waals surface area contributed by atoms with Crippen molar-refractivity contribution in [2.45, 2.75) is 18.7 Å². The van der Waals surface area contributed by atoms with E-state index in [9.17, 15) is 13.2 Å². The van der Waals surface area contributed by atoms with Gasteiger partial charge in [-0.25, -0.2) is 8.42 Å². The van der Waals surface area contributed by atoms with Gasteiger partial charge in [0, 0.05) is 24.6 Å². The normalized spacial score (nSPS) is 11.3. The molecule has 0 aliphatic heterocycles. The van der Waals surface area contributed by atoms with E-state index in [1.54, 1.807) is 11.9 Å². The van der Waals surface area contributed by atoms with Crippen molar-refractivity contribution in [2.24, 2.45) is 0 Å². The predicted octanol–water partition coefficient (Wildman–Crippen LogP) is 2.98. The van der Waals surface area contributed by atoms with Gasteiger partial charge in [-0.3, -0.25) is 4.79 Å². The minimum absolute atomic E-state index is 0.176. The van der Waals surface area contributed by atoms with Crippen LogP contribution < -0.4 is 4.90 Å². The molecule has 0 bridgehead atoms. The highest BCUT2D eigenvalue weighted by Gasteiger charge is 2.15. The summed E-state index contributed by atoms with van der Waals surface area (Å²) in [5, 5.41) is 0. The first-order valence-electron chi connectivity index (χ1n) is 6.85. The Bertz CT molecular complexity index is 788. The Morgan fingerprint density at radius 2 is 1.45 bits per heavy atom. The zero-order valence-corrected chi connectivity index (χ0v) is 13.9. The molecule has 0 aliphatic carbocycles. The maximum atomic E-state index is 12.5. The van der Waals surface area contributed by atoms with Gasteiger partial charge in [0.25, 0.3) is 5.91 Å². The third kappa shape index (κ3) is 3.54. The molecule has 1 amide bonds. The van der Waals surface area contributed by atoms with Gasteiger partial charge in [-0.05, 0) is 61.4 Å². The molecular formula is C17H19NO3S. The molecule has 0 heterocycles. The van der Waals surface area contributed by atoms with E-state index in [0.29, 0.717) is 5.56 Å². The van der Waals surface area contributed by atoms with E-state index in [4.69, 9.17) is 0 Å². The molecule has 0 spiro atoms. The van der Waals surface area contributed by atoms with Gasteiger partial charge in [-0.15, -0.1) is 0 Å². The molecule has 5 heteroatoms. The quantitative estimate of drug-likeness (QED) is 0.874. The molecule has 0 radical (unpaired) electrons. The second-order valence-corrected chi connectivity index (χ2v) is 7.52. The lowest BCUT2D eigenvalue weighted by Gasteiger charge is -2.19. The minimum Gasteiger partial charge on any atom is -0.311 e. The molecule has 0 saturated carbocycles. The van der Waals surface area contributed by atoms with Crippen LogP contribution in [0.25, 0.3) is 0 Å².